The zero-order valence-electron chi connectivity index (χ0n) is 38.9. The van der Waals surface area contributed by atoms with E-state index in [2.05, 4.69) is 124 Å². The molecule has 0 aromatic heterocycles. The average molecular weight is 1440 g/mol. The minimum atomic E-state index is -4.67. The summed E-state index contributed by atoms with van der Waals surface area (Å²) < 4.78 is 154. The molecule has 0 unspecified atom stereocenters. The van der Waals surface area contributed by atoms with Gasteiger partial charge in [0.1, 0.15) is 16.1 Å². The normalized spacial score (nSPS) is 10.8. The van der Waals surface area contributed by atoms with Crippen molar-refractivity contribution in [1.82, 2.24) is 0 Å². The van der Waals surface area contributed by atoms with Crippen molar-refractivity contribution in [3.05, 3.63) is 151 Å². The topological polar surface area (TPSA) is 289 Å². The number of rotatable bonds is 4. The Morgan fingerprint density at radius 1 is 0.466 bits per heavy atom. The summed E-state index contributed by atoms with van der Waals surface area (Å²) in [6.07, 6.45) is 15.2. The molecule has 29 heteroatoms. The number of halogens is 5. The van der Waals surface area contributed by atoms with Crippen LogP contribution in [0.1, 0.15) is 16.7 Å². The minimum absolute atomic E-state index is 0.0585. The highest BCUT2D eigenvalue weighted by Crippen LogP contribution is 2.15. The van der Waals surface area contributed by atoms with Crippen molar-refractivity contribution in [2.45, 2.75) is 58.9 Å². The van der Waals surface area contributed by atoms with Crippen molar-refractivity contribution < 1.29 is 69.1 Å². The Kier molecular flexibility index (Phi) is 35.7. The lowest BCUT2D eigenvalue weighted by Gasteiger charge is -2.03. The molecular weight excluding hydrogens is 1390 g/mol. The first-order valence-corrected chi connectivity index (χ1v) is 39.0. The van der Waals surface area contributed by atoms with Crippen molar-refractivity contribution >= 4 is 152 Å². The molecule has 5 rings (SSSR count). The zero-order valence-corrected chi connectivity index (χ0v) is 52.4. The van der Waals surface area contributed by atoms with E-state index in [4.69, 9.17) is 65.3 Å². The average Bonchev–Trinajstić information content (AvgIpc) is 3.25. The minimum Gasteiger partial charge on any atom is -0.282 e. The summed E-state index contributed by atoms with van der Waals surface area (Å²) in [6, 6.07) is 33.2. The highest BCUT2D eigenvalue weighted by Gasteiger charge is 2.11. The number of benzene rings is 5. The Morgan fingerprint density at radius 3 is 0.918 bits per heavy atom. The standard InChI is InChI=1S/C11H14O3SSi.C8H5ClO2S.C8H6O3S.C6H5IO3S.C6H5I.C5H10Si.Cl2OS.H2O4S/c1-16(2,3)9-8-10-4-6-11(7-5-10)15(12,13)14;2*1-2-7-3-5-8(6-4-7)12(9,10)11;7-5-1-3-6(4-2-5)11(8,9)10;7-6-4-2-1-3-5-6;1-5-6(2,3)4;1-4(2)3;1-5(2,3)4/h4-7H,1-3H3,(H,12,13,14);1,3-6H;1,3-6H,(H,9,10,11);1-4H,(H,8,9,10);1-5H;1H,2-4H3;;(H2,1,2,3,4). The van der Waals surface area contributed by atoms with Crippen molar-refractivity contribution in [2.24, 2.45) is 0 Å². The quantitative estimate of drug-likeness (QED) is 0.0367. The second-order valence-corrected chi connectivity index (χ2v) is 37.3. The van der Waals surface area contributed by atoms with E-state index in [0.717, 1.165) is 9.13 Å². The predicted molar refractivity (Wildman–Crippen MR) is 312 cm³/mol. The maximum absolute atomic E-state index is 10.8. The molecule has 0 bridgehead atoms. The Bertz CT molecular complexity index is 3200. The maximum atomic E-state index is 10.8. The van der Waals surface area contributed by atoms with Crippen LogP contribution in [0.5, 0.6) is 0 Å². The van der Waals surface area contributed by atoms with Gasteiger partial charge in [-0.1, -0.05) is 75.2 Å². The largest absolute Gasteiger partial charge is 0.394 e. The van der Waals surface area contributed by atoms with Crippen molar-refractivity contribution in [1.29, 1.82) is 0 Å². The summed E-state index contributed by atoms with van der Waals surface area (Å²) in [6.45, 7) is 12.8. The van der Waals surface area contributed by atoms with Gasteiger partial charge in [-0.2, -0.15) is 33.7 Å². The van der Waals surface area contributed by atoms with Crippen molar-refractivity contribution in [3.63, 3.8) is 0 Å². The molecule has 398 valence electrons. The summed E-state index contributed by atoms with van der Waals surface area (Å²) in [7, 11) is -10.6. The molecule has 0 aliphatic heterocycles. The molecular formula is C44H47Cl3I2O16S6Si2. The van der Waals surface area contributed by atoms with Gasteiger partial charge in [-0.3, -0.25) is 22.8 Å². The Labute approximate surface area is 474 Å². The Morgan fingerprint density at radius 2 is 0.712 bits per heavy atom. The highest BCUT2D eigenvalue weighted by atomic mass is 127. The van der Waals surface area contributed by atoms with Gasteiger partial charge in [0.2, 0.25) is 9.23 Å². The summed E-state index contributed by atoms with van der Waals surface area (Å²) in [5.41, 5.74) is 7.87. The van der Waals surface area contributed by atoms with Crippen LogP contribution in [-0.2, 0) is 59.0 Å². The third-order valence-corrected chi connectivity index (χ3v) is 13.8. The van der Waals surface area contributed by atoms with Gasteiger partial charge in [0, 0.05) is 55.9 Å². The second kappa shape index (κ2) is 35.2. The second-order valence-electron chi connectivity index (χ2n) is 15.0. The van der Waals surface area contributed by atoms with Gasteiger partial charge < -0.3 is 0 Å². The summed E-state index contributed by atoms with van der Waals surface area (Å²) in [5.74, 6) is 7.70. The Balaban J connectivity index is -0.000000794. The molecule has 5 aromatic rings. The fourth-order valence-electron chi connectivity index (χ4n) is 3.43. The molecule has 0 amide bonds. The van der Waals surface area contributed by atoms with Crippen molar-refractivity contribution in [3.8, 4) is 48.1 Å². The van der Waals surface area contributed by atoms with Gasteiger partial charge in [0.25, 0.3) is 39.4 Å². The molecule has 0 aliphatic rings. The molecule has 0 heterocycles. The first kappa shape index (κ1) is 74.0. The molecule has 0 aliphatic carbocycles. The van der Waals surface area contributed by atoms with Crippen LogP contribution in [-0.4, -0.2) is 85.2 Å². The SMILES string of the molecule is C#C[Si](C)(C)C.C#Cc1ccc(S(=O)(=O)Cl)cc1.C#Cc1ccc(S(=O)(=O)O)cc1.C[Si](C)(C)C#Cc1ccc(S(=O)(=O)O)cc1.Ic1ccccc1.O=S(=O)(O)O.O=S(=O)(O)c1ccc(I)cc1.O=S(Cl)Cl. The molecule has 5 N–H and O–H groups in total. The predicted octanol–water partition coefficient (Wildman–Crippen LogP) is 10.4. The van der Waals surface area contributed by atoms with E-state index < -0.39 is 75.2 Å². The summed E-state index contributed by atoms with van der Waals surface area (Å²) in [5, 5.41) is 0. The number of terminal acetylenes is 3. The van der Waals surface area contributed by atoms with E-state index in [1.807, 2.05) is 40.8 Å². The number of hydrogen-bond donors (Lipinski definition) is 5. The fraction of sp³-hybridized carbons (Fsp3) is 0.136. The van der Waals surface area contributed by atoms with E-state index in [0.29, 0.717) is 11.1 Å². The first-order valence-electron chi connectivity index (χ1n) is 19.0. The van der Waals surface area contributed by atoms with Gasteiger partial charge in [-0.05, 0) is 154 Å². The van der Waals surface area contributed by atoms with Gasteiger partial charge in [0.15, 0.2) is 0 Å². The molecule has 0 saturated heterocycles. The lowest BCUT2D eigenvalue weighted by atomic mass is 10.2. The van der Waals surface area contributed by atoms with Gasteiger partial charge >= 0.3 is 10.4 Å². The van der Waals surface area contributed by atoms with Crippen LogP contribution < -0.4 is 0 Å². The maximum Gasteiger partial charge on any atom is 0.394 e. The van der Waals surface area contributed by atoms with E-state index in [-0.39, 0.29) is 19.6 Å². The van der Waals surface area contributed by atoms with Crippen LogP contribution in [0.25, 0.3) is 0 Å². The monoisotopic (exact) mass is 1440 g/mol. The van der Waals surface area contributed by atoms with Gasteiger partial charge in [-0.15, -0.1) is 30.4 Å². The van der Waals surface area contributed by atoms with Gasteiger partial charge in [-0.25, -0.2) is 12.6 Å². The third-order valence-electron chi connectivity index (χ3n) is 6.63. The van der Waals surface area contributed by atoms with Crippen molar-refractivity contribution in [2.75, 3.05) is 0 Å². The van der Waals surface area contributed by atoms with Crippen LogP contribution in [0.4, 0.5) is 0 Å². The van der Waals surface area contributed by atoms with E-state index in [1.165, 1.54) is 76.4 Å². The highest BCUT2D eigenvalue weighted by molar-refractivity contribution is 14.1. The van der Waals surface area contributed by atoms with Crippen LogP contribution in [0.15, 0.2) is 147 Å². The number of hydrogen-bond acceptors (Lipinski definition) is 11. The van der Waals surface area contributed by atoms with Crippen LogP contribution in [0.3, 0.4) is 0 Å². The lowest BCUT2D eigenvalue weighted by molar-refractivity contribution is 0.380. The van der Waals surface area contributed by atoms with E-state index in [1.54, 1.807) is 24.3 Å². The fourth-order valence-corrected chi connectivity index (χ4v) is 6.93. The van der Waals surface area contributed by atoms with Crippen LogP contribution in [0.2, 0.25) is 39.3 Å². The third kappa shape index (κ3) is 45.9. The van der Waals surface area contributed by atoms with Gasteiger partial charge in [0.05, 0.1) is 19.6 Å². The summed E-state index contributed by atoms with van der Waals surface area (Å²) >= 11 is 4.33. The molecule has 0 saturated carbocycles. The molecule has 73 heavy (non-hydrogen) atoms. The van der Waals surface area contributed by atoms with Crippen LogP contribution >= 0.6 is 77.2 Å². The smallest absolute Gasteiger partial charge is 0.282 e. The molecule has 0 spiro atoms. The first-order chi connectivity index (χ1) is 32.9. The molecule has 0 atom stereocenters. The Hall–Kier alpha value is -3.20. The molecule has 0 radical (unpaired) electrons. The molecule has 5 aromatic carbocycles. The van der Waals surface area contributed by atoms with E-state index in [9.17, 15) is 33.7 Å². The van der Waals surface area contributed by atoms with Crippen LogP contribution in [0, 0.1) is 55.3 Å². The zero-order chi connectivity index (χ0) is 57.7. The molecule has 0 fully saturated rings. The molecule has 16 nitrogen and oxygen atoms in total. The summed E-state index contributed by atoms with van der Waals surface area (Å²) in [4.78, 5) is -0.270. The lowest BCUT2D eigenvalue weighted by Crippen LogP contribution is -2.16. The van der Waals surface area contributed by atoms with E-state index >= 15 is 0 Å².